The zero-order chi connectivity index (χ0) is 17.5. The van der Waals surface area contributed by atoms with E-state index in [0.29, 0.717) is 6.54 Å². The van der Waals surface area contributed by atoms with E-state index in [9.17, 15) is 4.79 Å². The molecule has 0 unspecified atom stereocenters. The summed E-state index contributed by atoms with van der Waals surface area (Å²) in [6.07, 6.45) is 14.6. The normalized spacial score (nSPS) is 10.5. The second-order valence-corrected chi connectivity index (χ2v) is 6.63. The minimum absolute atomic E-state index is 0.0368. The van der Waals surface area contributed by atoms with E-state index < -0.39 is 0 Å². The van der Waals surface area contributed by atoms with Gasteiger partial charge in [0.2, 0.25) is 5.91 Å². The summed E-state index contributed by atoms with van der Waals surface area (Å²) >= 11 is 0. The molecule has 0 fully saturated rings. The maximum Gasteiger partial charge on any atom is 0.246 e. The Morgan fingerprint density at radius 2 is 1.46 bits per heavy atom. The summed E-state index contributed by atoms with van der Waals surface area (Å²) in [5.41, 5.74) is 1.18. The van der Waals surface area contributed by atoms with E-state index in [1.807, 2.05) is 23.1 Å². The van der Waals surface area contributed by atoms with Gasteiger partial charge < -0.3 is 4.90 Å². The van der Waals surface area contributed by atoms with Crippen LogP contribution in [0.1, 0.15) is 76.7 Å². The van der Waals surface area contributed by atoms with E-state index in [1.54, 1.807) is 0 Å². The summed E-state index contributed by atoms with van der Waals surface area (Å²) in [6.45, 7) is 7.41. The van der Waals surface area contributed by atoms with E-state index in [1.165, 1.54) is 69.4 Å². The molecular formula is C22H35NO. The summed E-state index contributed by atoms with van der Waals surface area (Å²) in [5.74, 6) is 0.0368. The van der Waals surface area contributed by atoms with Crippen molar-refractivity contribution in [2.45, 2.75) is 77.7 Å². The molecule has 0 saturated carbocycles. The van der Waals surface area contributed by atoms with Crippen molar-refractivity contribution in [2.24, 2.45) is 0 Å². The molecule has 2 nitrogen and oxygen atoms in total. The highest BCUT2D eigenvalue weighted by Crippen LogP contribution is 2.12. The molecule has 0 aliphatic carbocycles. The molecule has 0 atom stereocenters. The molecule has 0 spiro atoms. The fraction of sp³-hybridized carbons (Fsp3) is 0.591. The third-order valence-corrected chi connectivity index (χ3v) is 4.48. The van der Waals surface area contributed by atoms with Gasteiger partial charge in [-0.25, -0.2) is 0 Å². The van der Waals surface area contributed by atoms with Crippen molar-refractivity contribution in [3.8, 4) is 0 Å². The van der Waals surface area contributed by atoms with Gasteiger partial charge in [0.25, 0.3) is 0 Å². The molecular weight excluding hydrogens is 294 g/mol. The van der Waals surface area contributed by atoms with Crippen molar-refractivity contribution >= 4 is 5.91 Å². The number of benzene rings is 1. The van der Waals surface area contributed by atoms with Gasteiger partial charge in [-0.3, -0.25) is 4.79 Å². The molecule has 0 aromatic heterocycles. The first-order valence-corrected chi connectivity index (χ1v) is 9.73. The van der Waals surface area contributed by atoms with Gasteiger partial charge in [-0.1, -0.05) is 102 Å². The van der Waals surface area contributed by atoms with Crippen LogP contribution in [-0.2, 0) is 11.3 Å². The highest BCUT2D eigenvalue weighted by atomic mass is 16.2. The molecule has 1 rings (SSSR count). The number of rotatable bonds is 14. The molecule has 0 aliphatic heterocycles. The van der Waals surface area contributed by atoms with Crippen LogP contribution in [-0.4, -0.2) is 17.4 Å². The second-order valence-electron chi connectivity index (χ2n) is 6.63. The number of hydrogen-bond acceptors (Lipinski definition) is 1. The standard InChI is InChI=1S/C22H35NO/c1-3-5-6-7-8-9-10-11-12-16-19-23(22(24)4-2)20-21-17-14-13-15-18-21/h4,13-15,17-18H,2-3,5-12,16,19-20H2,1H3. The van der Waals surface area contributed by atoms with Crippen molar-refractivity contribution in [2.75, 3.05) is 6.54 Å². The Balaban J connectivity index is 2.14. The maximum atomic E-state index is 12.0. The highest BCUT2D eigenvalue weighted by molar-refractivity contribution is 5.86. The van der Waals surface area contributed by atoms with E-state index >= 15 is 0 Å². The van der Waals surface area contributed by atoms with Gasteiger partial charge in [-0.05, 0) is 18.1 Å². The molecule has 0 heterocycles. The molecule has 0 radical (unpaired) electrons. The Labute approximate surface area is 149 Å². The third-order valence-electron chi connectivity index (χ3n) is 4.48. The van der Waals surface area contributed by atoms with E-state index in [2.05, 4.69) is 25.6 Å². The van der Waals surface area contributed by atoms with Crippen LogP contribution in [0, 0.1) is 0 Å². The average molecular weight is 330 g/mol. The van der Waals surface area contributed by atoms with Crippen LogP contribution in [0.15, 0.2) is 43.0 Å². The quantitative estimate of drug-likeness (QED) is 0.297. The van der Waals surface area contributed by atoms with Gasteiger partial charge in [-0.2, -0.15) is 0 Å². The van der Waals surface area contributed by atoms with Gasteiger partial charge in [0, 0.05) is 13.1 Å². The molecule has 1 aromatic rings. The van der Waals surface area contributed by atoms with Gasteiger partial charge >= 0.3 is 0 Å². The van der Waals surface area contributed by atoms with Crippen LogP contribution in [0.3, 0.4) is 0 Å². The first kappa shape index (κ1) is 20.5. The van der Waals surface area contributed by atoms with Crippen molar-refractivity contribution in [3.05, 3.63) is 48.6 Å². The van der Waals surface area contributed by atoms with Crippen LogP contribution >= 0.6 is 0 Å². The molecule has 0 N–H and O–H groups in total. The Bertz CT molecular complexity index is 441. The van der Waals surface area contributed by atoms with Gasteiger partial charge in [-0.15, -0.1) is 0 Å². The van der Waals surface area contributed by atoms with Crippen molar-refractivity contribution < 1.29 is 4.79 Å². The number of carbonyl (C=O) groups is 1. The van der Waals surface area contributed by atoms with Crippen LogP contribution in [0.25, 0.3) is 0 Å². The molecule has 1 amide bonds. The SMILES string of the molecule is C=CC(=O)N(CCCCCCCCCCCC)Cc1ccccc1. The number of nitrogens with zero attached hydrogens (tertiary/aromatic N) is 1. The smallest absolute Gasteiger partial charge is 0.246 e. The Morgan fingerprint density at radius 3 is 2.00 bits per heavy atom. The van der Waals surface area contributed by atoms with Gasteiger partial charge in [0.15, 0.2) is 0 Å². The summed E-state index contributed by atoms with van der Waals surface area (Å²) < 4.78 is 0. The first-order chi connectivity index (χ1) is 11.8. The van der Waals surface area contributed by atoms with Crippen molar-refractivity contribution in [1.29, 1.82) is 0 Å². The zero-order valence-corrected chi connectivity index (χ0v) is 15.5. The molecule has 24 heavy (non-hydrogen) atoms. The van der Waals surface area contributed by atoms with Gasteiger partial charge in [0.05, 0.1) is 0 Å². The molecule has 134 valence electrons. The van der Waals surface area contributed by atoms with Crippen molar-refractivity contribution in [3.63, 3.8) is 0 Å². The second kappa shape index (κ2) is 13.8. The van der Waals surface area contributed by atoms with Crippen LogP contribution in [0.2, 0.25) is 0 Å². The molecule has 0 bridgehead atoms. The Kier molecular flexibility index (Phi) is 11.8. The minimum atomic E-state index is 0.0368. The predicted molar refractivity (Wildman–Crippen MR) is 104 cm³/mol. The average Bonchev–Trinajstić information content (AvgIpc) is 2.62. The first-order valence-electron chi connectivity index (χ1n) is 9.73. The van der Waals surface area contributed by atoms with Crippen molar-refractivity contribution in [1.82, 2.24) is 4.90 Å². The number of hydrogen-bond donors (Lipinski definition) is 0. The fourth-order valence-corrected chi connectivity index (χ4v) is 2.99. The Morgan fingerprint density at radius 1 is 0.917 bits per heavy atom. The van der Waals surface area contributed by atoms with E-state index in [4.69, 9.17) is 0 Å². The van der Waals surface area contributed by atoms with Gasteiger partial charge in [0.1, 0.15) is 0 Å². The Hall–Kier alpha value is -1.57. The molecule has 2 heteroatoms. The lowest BCUT2D eigenvalue weighted by Crippen LogP contribution is -2.29. The number of unbranched alkanes of at least 4 members (excludes halogenated alkanes) is 9. The summed E-state index contributed by atoms with van der Waals surface area (Å²) in [4.78, 5) is 13.9. The van der Waals surface area contributed by atoms with Crippen LogP contribution in [0.4, 0.5) is 0 Å². The monoisotopic (exact) mass is 329 g/mol. The lowest BCUT2D eigenvalue weighted by molar-refractivity contribution is -0.126. The molecule has 0 aliphatic rings. The topological polar surface area (TPSA) is 20.3 Å². The number of carbonyl (C=O) groups excluding carboxylic acids is 1. The lowest BCUT2D eigenvalue weighted by Gasteiger charge is -2.21. The van der Waals surface area contributed by atoms with Crippen LogP contribution in [0.5, 0.6) is 0 Å². The minimum Gasteiger partial charge on any atom is -0.335 e. The summed E-state index contributed by atoms with van der Waals surface area (Å²) in [7, 11) is 0. The number of amides is 1. The summed E-state index contributed by atoms with van der Waals surface area (Å²) in [5, 5.41) is 0. The highest BCUT2D eigenvalue weighted by Gasteiger charge is 2.10. The molecule has 1 aromatic carbocycles. The maximum absolute atomic E-state index is 12.0. The van der Waals surface area contributed by atoms with E-state index in [0.717, 1.165) is 13.0 Å². The zero-order valence-electron chi connectivity index (χ0n) is 15.5. The predicted octanol–water partition coefficient (Wildman–Crippen LogP) is 6.12. The summed E-state index contributed by atoms with van der Waals surface area (Å²) in [6, 6.07) is 10.2. The molecule has 0 saturated heterocycles. The fourth-order valence-electron chi connectivity index (χ4n) is 2.99. The lowest BCUT2D eigenvalue weighted by atomic mass is 10.1. The van der Waals surface area contributed by atoms with E-state index in [-0.39, 0.29) is 5.91 Å². The third kappa shape index (κ3) is 9.54. The largest absolute Gasteiger partial charge is 0.335 e. The van der Waals surface area contributed by atoms with Crippen LogP contribution < -0.4 is 0 Å².